The molecule has 1 aliphatic heterocycles. The lowest BCUT2D eigenvalue weighted by molar-refractivity contribution is 0.0457. The lowest BCUT2D eigenvalue weighted by Gasteiger charge is -2.27. The Kier molecular flexibility index (Phi) is 4.34. The van der Waals surface area contributed by atoms with Gasteiger partial charge in [0.25, 0.3) is 0 Å². The van der Waals surface area contributed by atoms with Crippen molar-refractivity contribution in [2.24, 2.45) is 0 Å². The highest BCUT2D eigenvalue weighted by Gasteiger charge is 2.32. The minimum atomic E-state index is -0.558. The predicted molar refractivity (Wildman–Crippen MR) is 74.9 cm³/mol. The average molecular weight is 279 g/mol. The van der Waals surface area contributed by atoms with Crippen LogP contribution in [0, 0.1) is 5.82 Å². The SMILES string of the molecule is O[C@@H](CN(C[C@@H]1CCCO1)C1CC1)c1ccc(F)cc1. The number of nitrogens with zero attached hydrogens (tertiary/aromatic N) is 1. The second-order valence-corrected chi connectivity index (χ2v) is 5.89. The molecular weight excluding hydrogens is 257 g/mol. The summed E-state index contributed by atoms with van der Waals surface area (Å²) in [6.07, 6.45) is 4.44. The van der Waals surface area contributed by atoms with Crippen LogP contribution in [0.5, 0.6) is 0 Å². The molecule has 0 bridgehead atoms. The van der Waals surface area contributed by atoms with Gasteiger partial charge in [0.15, 0.2) is 0 Å². The molecule has 0 unspecified atom stereocenters. The molecule has 4 heteroatoms. The Labute approximate surface area is 119 Å². The largest absolute Gasteiger partial charge is 0.387 e. The van der Waals surface area contributed by atoms with Crippen molar-refractivity contribution in [3.05, 3.63) is 35.6 Å². The Morgan fingerprint density at radius 1 is 1.25 bits per heavy atom. The fourth-order valence-corrected chi connectivity index (χ4v) is 2.87. The van der Waals surface area contributed by atoms with Crippen LogP contribution >= 0.6 is 0 Å². The van der Waals surface area contributed by atoms with Gasteiger partial charge in [0.2, 0.25) is 0 Å². The number of hydrogen-bond acceptors (Lipinski definition) is 3. The molecule has 0 radical (unpaired) electrons. The fraction of sp³-hybridized carbons (Fsp3) is 0.625. The van der Waals surface area contributed by atoms with Gasteiger partial charge in [-0.25, -0.2) is 4.39 Å². The van der Waals surface area contributed by atoms with Gasteiger partial charge in [-0.2, -0.15) is 0 Å². The van der Waals surface area contributed by atoms with Crippen molar-refractivity contribution < 1.29 is 14.2 Å². The molecule has 3 rings (SSSR count). The molecular formula is C16H22FNO2. The molecule has 2 aliphatic rings. The van der Waals surface area contributed by atoms with Gasteiger partial charge >= 0.3 is 0 Å². The van der Waals surface area contributed by atoms with Crippen LogP contribution in [0.15, 0.2) is 24.3 Å². The van der Waals surface area contributed by atoms with Gasteiger partial charge < -0.3 is 9.84 Å². The lowest BCUT2D eigenvalue weighted by Crippen LogP contribution is -2.37. The van der Waals surface area contributed by atoms with E-state index in [1.54, 1.807) is 12.1 Å². The van der Waals surface area contributed by atoms with E-state index in [9.17, 15) is 9.50 Å². The van der Waals surface area contributed by atoms with Crippen LogP contribution in [0.1, 0.15) is 37.4 Å². The third-order valence-corrected chi connectivity index (χ3v) is 4.19. The Hall–Kier alpha value is -0.970. The van der Waals surface area contributed by atoms with E-state index in [2.05, 4.69) is 4.90 Å². The fourth-order valence-electron chi connectivity index (χ4n) is 2.87. The van der Waals surface area contributed by atoms with E-state index in [4.69, 9.17) is 4.74 Å². The molecule has 1 saturated carbocycles. The van der Waals surface area contributed by atoms with E-state index in [1.165, 1.54) is 25.0 Å². The summed E-state index contributed by atoms with van der Waals surface area (Å²) in [6, 6.07) is 6.73. The molecule has 1 N–H and O–H groups in total. The zero-order chi connectivity index (χ0) is 13.9. The number of rotatable bonds is 6. The first-order valence-corrected chi connectivity index (χ1v) is 7.51. The Bertz CT molecular complexity index is 427. The molecule has 0 spiro atoms. The number of aliphatic hydroxyl groups is 1. The second-order valence-electron chi connectivity index (χ2n) is 5.89. The van der Waals surface area contributed by atoms with E-state index in [-0.39, 0.29) is 5.82 Å². The quantitative estimate of drug-likeness (QED) is 0.868. The molecule has 1 aliphatic carbocycles. The van der Waals surface area contributed by atoms with Gasteiger partial charge in [0, 0.05) is 25.7 Å². The van der Waals surface area contributed by atoms with Crippen LogP contribution in [-0.2, 0) is 4.74 Å². The Balaban J connectivity index is 1.59. The standard InChI is InChI=1S/C16H22FNO2/c17-13-5-3-12(4-6-13)16(19)11-18(14-7-8-14)10-15-2-1-9-20-15/h3-6,14-16,19H,1-2,7-11H2/t15-,16-/m0/s1. The number of aliphatic hydroxyl groups excluding tert-OH is 1. The molecule has 1 aromatic rings. The van der Waals surface area contributed by atoms with Crippen molar-refractivity contribution in [3.8, 4) is 0 Å². The summed E-state index contributed by atoms with van der Waals surface area (Å²) in [4.78, 5) is 2.34. The van der Waals surface area contributed by atoms with Crippen molar-refractivity contribution in [2.75, 3.05) is 19.7 Å². The van der Waals surface area contributed by atoms with Crippen LogP contribution in [0.2, 0.25) is 0 Å². The van der Waals surface area contributed by atoms with E-state index in [1.807, 2.05) is 0 Å². The zero-order valence-corrected chi connectivity index (χ0v) is 11.7. The molecule has 1 saturated heterocycles. The number of hydrogen-bond donors (Lipinski definition) is 1. The van der Waals surface area contributed by atoms with Crippen LogP contribution in [-0.4, -0.2) is 41.8 Å². The third kappa shape index (κ3) is 3.57. The highest BCUT2D eigenvalue weighted by atomic mass is 19.1. The molecule has 1 aromatic carbocycles. The van der Waals surface area contributed by atoms with Gasteiger partial charge in [-0.15, -0.1) is 0 Å². The molecule has 0 aromatic heterocycles. The average Bonchev–Trinajstić information content (AvgIpc) is 3.17. The van der Waals surface area contributed by atoms with E-state index in [0.717, 1.165) is 31.6 Å². The lowest BCUT2D eigenvalue weighted by atomic mass is 10.1. The van der Waals surface area contributed by atoms with Crippen LogP contribution in [0.25, 0.3) is 0 Å². The summed E-state index contributed by atoms with van der Waals surface area (Å²) >= 11 is 0. The monoisotopic (exact) mass is 279 g/mol. The molecule has 2 atom stereocenters. The van der Waals surface area contributed by atoms with Gasteiger partial charge in [-0.05, 0) is 43.4 Å². The topological polar surface area (TPSA) is 32.7 Å². The van der Waals surface area contributed by atoms with Gasteiger partial charge in [0.1, 0.15) is 5.82 Å². The molecule has 20 heavy (non-hydrogen) atoms. The highest BCUT2D eigenvalue weighted by molar-refractivity contribution is 5.18. The summed E-state index contributed by atoms with van der Waals surface area (Å²) in [5.41, 5.74) is 0.782. The third-order valence-electron chi connectivity index (χ3n) is 4.19. The minimum Gasteiger partial charge on any atom is -0.387 e. The first-order valence-electron chi connectivity index (χ1n) is 7.51. The summed E-state index contributed by atoms with van der Waals surface area (Å²) in [7, 11) is 0. The van der Waals surface area contributed by atoms with Gasteiger partial charge in [-0.3, -0.25) is 4.90 Å². The minimum absolute atomic E-state index is 0.264. The Morgan fingerprint density at radius 2 is 2.00 bits per heavy atom. The first kappa shape index (κ1) is 14.0. The number of ether oxygens (including phenoxy) is 1. The van der Waals surface area contributed by atoms with E-state index >= 15 is 0 Å². The van der Waals surface area contributed by atoms with E-state index < -0.39 is 6.10 Å². The molecule has 1 heterocycles. The van der Waals surface area contributed by atoms with Crippen molar-refractivity contribution in [1.29, 1.82) is 0 Å². The van der Waals surface area contributed by atoms with Crippen LogP contribution in [0.3, 0.4) is 0 Å². The van der Waals surface area contributed by atoms with Crippen LogP contribution < -0.4 is 0 Å². The van der Waals surface area contributed by atoms with Crippen molar-refractivity contribution in [1.82, 2.24) is 4.90 Å². The van der Waals surface area contributed by atoms with Gasteiger partial charge in [-0.1, -0.05) is 12.1 Å². The predicted octanol–water partition coefficient (Wildman–Crippen LogP) is 2.50. The normalized spacial score (nSPS) is 24.2. The maximum atomic E-state index is 12.9. The summed E-state index contributed by atoms with van der Waals surface area (Å²) in [5.74, 6) is -0.264. The number of benzene rings is 1. The summed E-state index contributed by atoms with van der Waals surface area (Å²) in [6.45, 7) is 2.38. The molecule has 3 nitrogen and oxygen atoms in total. The second kappa shape index (κ2) is 6.20. The van der Waals surface area contributed by atoms with Crippen molar-refractivity contribution >= 4 is 0 Å². The van der Waals surface area contributed by atoms with Crippen molar-refractivity contribution in [3.63, 3.8) is 0 Å². The van der Waals surface area contributed by atoms with Crippen molar-refractivity contribution in [2.45, 2.75) is 43.9 Å². The molecule has 2 fully saturated rings. The summed E-state index contributed by atoms with van der Waals surface area (Å²) < 4.78 is 18.6. The highest BCUT2D eigenvalue weighted by Crippen LogP contribution is 2.30. The smallest absolute Gasteiger partial charge is 0.123 e. The van der Waals surface area contributed by atoms with Gasteiger partial charge in [0.05, 0.1) is 12.2 Å². The summed E-state index contributed by atoms with van der Waals surface area (Å²) in [5, 5.41) is 10.3. The first-order chi connectivity index (χ1) is 9.72. The zero-order valence-electron chi connectivity index (χ0n) is 11.7. The Morgan fingerprint density at radius 3 is 2.60 bits per heavy atom. The van der Waals surface area contributed by atoms with Crippen LogP contribution in [0.4, 0.5) is 4.39 Å². The van der Waals surface area contributed by atoms with E-state index in [0.29, 0.717) is 18.7 Å². The maximum absolute atomic E-state index is 12.9. The maximum Gasteiger partial charge on any atom is 0.123 e. The molecule has 110 valence electrons. The molecule has 0 amide bonds. The number of halogens is 1.